The van der Waals surface area contributed by atoms with Crippen molar-refractivity contribution in [3.05, 3.63) is 35.9 Å². The first kappa shape index (κ1) is 43.1. The summed E-state index contributed by atoms with van der Waals surface area (Å²) < 4.78 is 11.9. The Morgan fingerprint density at radius 3 is 2.08 bits per heavy atom. The molecule has 0 bridgehead atoms. The second kappa shape index (κ2) is 20.7. The second-order valence-electron chi connectivity index (χ2n) is 15.0. The highest BCUT2D eigenvalue weighted by molar-refractivity contribution is 5.90. The number of carbonyl (C=O) groups is 4. The van der Waals surface area contributed by atoms with Gasteiger partial charge < -0.3 is 29.9 Å². The van der Waals surface area contributed by atoms with Gasteiger partial charge in [-0.2, -0.15) is 0 Å². The van der Waals surface area contributed by atoms with Crippen LogP contribution in [0.5, 0.6) is 0 Å². The van der Waals surface area contributed by atoms with E-state index in [9.17, 15) is 19.2 Å². The van der Waals surface area contributed by atoms with Crippen LogP contribution in [-0.4, -0.2) is 123 Å². The zero-order valence-corrected chi connectivity index (χ0v) is 32.9. The van der Waals surface area contributed by atoms with Crippen LogP contribution in [0.1, 0.15) is 79.7 Å². The maximum Gasteiger partial charge on any atom is 0.245 e. The van der Waals surface area contributed by atoms with Crippen molar-refractivity contribution >= 4 is 23.6 Å². The molecule has 11 heteroatoms. The highest BCUT2D eigenvalue weighted by Gasteiger charge is 2.43. The number of amides is 4. The normalized spacial score (nSPS) is 19.1. The fourth-order valence-corrected chi connectivity index (χ4v) is 7.55. The Balaban J connectivity index is 2.21. The highest BCUT2D eigenvalue weighted by atomic mass is 16.5. The second-order valence-corrected chi connectivity index (χ2v) is 15.0. The zero-order chi connectivity index (χ0) is 37.7. The van der Waals surface area contributed by atoms with Gasteiger partial charge in [0.05, 0.1) is 42.7 Å². The smallest absolute Gasteiger partial charge is 0.245 e. The molecule has 4 amide bonds. The Morgan fingerprint density at radius 2 is 1.56 bits per heavy atom. The average molecular weight is 702 g/mol. The predicted molar refractivity (Wildman–Crippen MR) is 198 cm³/mol. The molecule has 1 aromatic rings. The molecule has 0 saturated carbocycles. The number of carbonyl (C=O) groups excluding carboxylic acids is 4. The van der Waals surface area contributed by atoms with Gasteiger partial charge in [0, 0.05) is 34.4 Å². The summed E-state index contributed by atoms with van der Waals surface area (Å²) in [4.78, 5) is 60.3. The summed E-state index contributed by atoms with van der Waals surface area (Å²) in [6, 6.07) is 8.23. The number of hydrogen-bond acceptors (Lipinski definition) is 7. The molecule has 2 N–H and O–H groups in total. The Morgan fingerprint density at radius 1 is 0.920 bits per heavy atom. The van der Waals surface area contributed by atoms with Gasteiger partial charge in [-0.15, -0.1) is 0 Å². The lowest BCUT2D eigenvalue weighted by Crippen LogP contribution is -2.59. The van der Waals surface area contributed by atoms with Gasteiger partial charge in [-0.1, -0.05) is 85.2 Å². The molecule has 2 rings (SSSR count). The van der Waals surface area contributed by atoms with E-state index in [0.29, 0.717) is 13.1 Å². The summed E-state index contributed by atoms with van der Waals surface area (Å²) >= 11 is 0. The van der Waals surface area contributed by atoms with Gasteiger partial charge in [0.2, 0.25) is 23.6 Å². The van der Waals surface area contributed by atoms with E-state index in [0.717, 1.165) is 31.2 Å². The van der Waals surface area contributed by atoms with Crippen LogP contribution >= 0.6 is 0 Å². The van der Waals surface area contributed by atoms with E-state index in [4.69, 9.17) is 9.47 Å². The van der Waals surface area contributed by atoms with Gasteiger partial charge in [0.25, 0.3) is 0 Å². The van der Waals surface area contributed by atoms with Crippen LogP contribution in [0.2, 0.25) is 0 Å². The summed E-state index contributed by atoms with van der Waals surface area (Å²) in [5, 5.41) is 6.09. The molecule has 1 heterocycles. The molecule has 0 unspecified atom stereocenters. The van der Waals surface area contributed by atoms with Gasteiger partial charge in [0.15, 0.2) is 0 Å². The van der Waals surface area contributed by atoms with Crippen LogP contribution < -0.4 is 10.6 Å². The maximum atomic E-state index is 14.2. The minimum absolute atomic E-state index is 0.0103. The van der Waals surface area contributed by atoms with Crippen molar-refractivity contribution in [2.75, 3.05) is 48.5 Å². The van der Waals surface area contributed by atoms with Gasteiger partial charge in [-0.05, 0) is 56.7 Å². The Kier molecular flexibility index (Phi) is 17.9. The van der Waals surface area contributed by atoms with Crippen LogP contribution in [0.3, 0.4) is 0 Å². The first-order chi connectivity index (χ1) is 23.6. The first-order valence-corrected chi connectivity index (χ1v) is 18.5. The summed E-state index contributed by atoms with van der Waals surface area (Å²) in [5.74, 6) is -1.13. The number of hydrogen-bond donors (Lipinski definition) is 2. The molecule has 1 fully saturated rings. The van der Waals surface area contributed by atoms with E-state index in [1.807, 2.05) is 88.8 Å². The molecular formula is C39H67N5O6. The first-order valence-electron chi connectivity index (χ1n) is 18.5. The van der Waals surface area contributed by atoms with E-state index in [-0.39, 0.29) is 59.9 Å². The highest BCUT2D eigenvalue weighted by Crippen LogP contribution is 2.29. The number of rotatable bonds is 20. The lowest BCUT2D eigenvalue weighted by molar-refractivity contribution is -0.148. The van der Waals surface area contributed by atoms with Crippen molar-refractivity contribution in [3.63, 3.8) is 0 Å². The van der Waals surface area contributed by atoms with Crippen molar-refractivity contribution in [2.24, 2.45) is 23.7 Å². The summed E-state index contributed by atoms with van der Waals surface area (Å²) in [6.45, 7) is 14.9. The summed E-state index contributed by atoms with van der Waals surface area (Å²) in [7, 11) is 8.66. The molecule has 0 aliphatic carbocycles. The Labute approximate surface area is 302 Å². The molecule has 0 spiro atoms. The number of likely N-dealkylation sites (N-methyl/N-ethyl adjacent to an activating group) is 2. The maximum absolute atomic E-state index is 14.2. The van der Waals surface area contributed by atoms with E-state index in [1.54, 1.807) is 26.2 Å². The number of ether oxygens (including phenoxy) is 2. The molecule has 1 saturated heterocycles. The van der Waals surface area contributed by atoms with E-state index < -0.39 is 30.2 Å². The molecule has 1 aromatic carbocycles. The van der Waals surface area contributed by atoms with Crippen LogP contribution in [0.15, 0.2) is 30.3 Å². The van der Waals surface area contributed by atoms with Crippen LogP contribution in [0.25, 0.3) is 0 Å². The standard InChI is InChI=1S/C39H67N5O6/c1-13-27(6)35(43(10)39(48)33(25(2)3)41-38(47)34(26(4)5)42(8)9)31(49-11)24-32(45)44-23-17-20-30(44)36(50-12)28(7)37(46)40-22-21-29-18-15-14-16-19-29/h14-16,18-19,25-28,30-31,33-36H,13,17,20-24H2,1-12H3,(H,40,46)(H,41,47)/t27-,28+,30-,31+,33-,34-,35+,36+/m0/s1. The van der Waals surface area contributed by atoms with Crippen LogP contribution in [-0.2, 0) is 35.1 Å². The summed E-state index contributed by atoms with van der Waals surface area (Å²) in [5.41, 5.74) is 1.15. The number of methoxy groups -OCH3 is 2. The third-order valence-electron chi connectivity index (χ3n) is 10.5. The average Bonchev–Trinajstić information content (AvgIpc) is 3.56. The van der Waals surface area contributed by atoms with E-state index in [1.165, 1.54) is 0 Å². The number of benzene rings is 1. The fourth-order valence-electron chi connectivity index (χ4n) is 7.55. The number of nitrogens with one attached hydrogen (secondary N) is 2. The lowest BCUT2D eigenvalue weighted by Gasteiger charge is -2.41. The van der Waals surface area contributed by atoms with Crippen LogP contribution in [0.4, 0.5) is 0 Å². The van der Waals surface area contributed by atoms with Gasteiger partial charge in [0.1, 0.15) is 6.04 Å². The Bertz CT molecular complexity index is 1200. The fraction of sp³-hybridized carbons (Fsp3) is 0.744. The molecule has 0 aromatic heterocycles. The minimum Gasteiger partial charge on any atom is -0.379 e. The quantitative estimate of drug-likeness (QED) is 0.211. The molecule has 284 valence electrons. The van der Waals surface area contributed by atoms with Crippen LogP contribution in [0, 0.1) is 23.7 Å². The third-order valence-corrected chi connectivity index (χ3v) is 10.5. The van der Waals surface area contributed by atoms with Crippen molar-refractivity contribution in [1.82, 2.24) is 25.3 Å². The number of likely N-dealkylation sites (tertiary alicyclic amines) is 1. The van der Waals surface area contributed by atoms with Gasteiger partial charge >= 0.3 is 0 Å². The topological polar surface area (TPSA) is 121 Å². The summed E-state index contributed by atoms with van der Waals surface area (Å²) in [6.07, 6.45) is 2.06. The minimum atomic E-state index is -0.737. The van der Waals surface area contributed by atoms with Crippen molar-refractivity contribution < 1.29 is 28.7 Å². The molecule has 1 aliphatic heterocycles. The monoisotopic (exact) mass is 702 g/mol. The predicted octanol–water partition coefficient (Wildman–Crippen LogP) is 3.99. The van der Waals surface area contributed by atoms with Crippen molar-refractivity contribution in [2.45, 2.75) is 117 Å². The molecule has 0 radical (unpaired) electrons. The molecular weight excluding hydrogens is 634 g/mol. The number of nitrogens with zero attached hydrogens (tertiary/aromatic N) is 3. The largest absolute Gasteiger partial charge is 0.379 e. The van der Waals surface area contributed by atoms with Crippen molar-refractivity contribution in [3.8, 4) is 0 Å². The van der Waals surface area contributed by atoms with Gasteiger partial charge in [-0.3, -0.25) is 24.1 Å². The van der Waals surface area contributed by atoms with E-state index in [2.05, 4.69) is 24.5 Å². The third kappa shape index (κ3) is 11.5. The molecule has 11 nitrogen and oxygen atoms in total. The zero-order valence-electron chi connectivity index (χ0n) is 32.9. The molecule has 1 aliphatic rings. The Hall–Kier alpha value is -3.02. The van der Waals surface area contributed by atoms with Crippen molar-refractivity contribution in [1.29, 1.82) is 0 Å². The SMILES string of the molecule is CC[C@H](C)[C@H]([C@@H](CC(=O)N1CCC[C@H]1[C@H](OC)[C@@H](C)C(=O)NCCc1ccccc1)OC)N(C)C(=O)[C@@H](NC(=O)[C@H](C(C)C)N(C)C)C(C)C. The van der Waals surface area contributed by atoms with E-state index >= 15 is 0 Å². The molecule has 50 heavy (non-hydrogen) atoms. The molecule has 8 atom stereocenters. The lowest BCUT2D eigenvalue weighted by atomic mass is 9.89. The van der Waals surface area contributed by atoms with Gasteiger partial charge in [-0.25, -0.2) is 0 Å².